The molecule has 1 saturated heterocycles. The van der Waals surface area contributed by atoms with E-state index < -0.39 is 29.3 Å². The lowest BCUT2D eigenvalue weighted by Gasteiger charge is -2.41. The third kappa shape index (κ3) is 7.24. The Bertz CT molecular complexity index is 1420. The van der Waals surface area contributed by atoms with Gasteiger partial charge >= 0.3 is 5.97 Å². The Kier molecular flexibility index (Phi) is 9.21. The molecule has 226 valence electrons. The SMILES string of the molecule is Cc1ncc(-c2ccc(OCCc3ccc(F)cc3)c(F)c2F)c(N2CCC(C)(C)CC2)c1[C@H](OC(C)(C)C)C(=O)O. The van der Waals surface area contributed by atoms with Crippen LogP contribution in [0.3, 0.4) is 0 Å². The molecule has 0 saturated carbocycles. The number of carboxylic acids is 1. The van der Waals surface area contributed by atoms with Gasteiger partial charge in [-0.25, -0.2) is 13.6 Å². The molecule has 4 rings (SSSR count). The van der Waals surface area contributed by atoms with Crippen LogP contribution in [0.1, 0.15) is 70.4 Å². The number of benzene rings is 2. The van der Waals surface area contributed by atoms with E-state index in [-0.39, 0.29) is 34.7 Å². The maximum absolute atomic E-state index is 15.8. The van der Waals surface area contributed by atoms with Gasteiger partial charge in [0.25, 0.3) is 0 Å². The minimum absolute atomic E-state index is 0.0492. The fourth-order valence-electron chi connectivity index (χ4n) is 5.16. The monoisotopic (exact) mass is 584 g/mol. The van der Waals surface area contributed by atoms with Crippen molar-refractivity contribution in [3.63, 3.8) is 0 Å². The van der Waals surface area contributed by atoms with Crippen molar-refractivity contribution in [1.82, 2.24) is 4.98 Å². The van der Waals surface area contributed by atoms with Crippen LogP contribution in [0.15, 0.2) is 42.6 Å². The zero-order valence-electron chi connectivity index (χ0n) is 25.1. The summed E-state index contributed by atoms with van der Waals surface area (Å²) in [4.78, 5) is 19.0. The van der Waals surface area contributed by atoms with E-state index in [1.54, 1.807) is 39.8 Å². The number of hydrogen-bond donors (Lipinski definition) is 1. The zero-order valence-corrected chi connectivity index (χ0v) is 25.1. The molecule has 1 N–H and O–H groups in total. The summed E-state index contributed by atoms with van der Waals surface area (Å²) < 4.78 is 55.9. The van der Waals surface area contributed by atoms with Gasteiger partial charge in [-0.05, 0) is 75.8 Å². The Labute approximate surface area is 245 Å². The van der Waals surface area contributed by atoms with E-state index in [0.717, 1.165) is 18.4 Å². The molecule has 0 unspecified atom stereocenters. The van der Waals surface area contributed by atoms with Gasteiger partial charge in [0.15, 0.2) is 17.7 Å². The van der Waals surface area contributed by atoms with Gasteiger partial charge in [0.1, 0.15) is 5.82 Å². The molecule has 3 aromatic rings. The molecule has 1 atom stereocenters. The van der Waals surface area contributed by atoms with Crippen molar-refractivity contribution in [3.8, 4) is 16.9 Å². The lowest BCUT2D eigenvalue weighted by Crippen LogP contribution is -2.39. The van der Waals surface area contributed by atoms with Crippen LogP contribution >= 0.6 is 0 Å². The molecule has 1 fully saturated rings. The zero-order chi connectivity index (χ0) is 30.8. The minimum Gasteiger partial charge on any atom is -0.490 e. The van der Waals surface area contributed by atoms with Gasteiger partial charge in [-0.2, -0.15) is 4.39 Å². The second-order valence-electron chi connectivity index (χ2n) is 12.6. The van der Waals surface area contributed by atoms with Crippen LogP contribution in [0.2, 0.25) is 0 Å². The quantitative estimate of drug-likeness (QED) is 0.278. The molecular formula is C33H39F3N2O4. The number of aryl methyl sites for hydroxylation is 1. The number of nitrogens with zero attached hydrogens (tertiary/aromatic N) is 2. The largest absolute Gasteiger partial charge is 0.490 e. The molecule has 2 aromatic carbocycles. The number of carbonyl (C=O) groups is 1. The molecule has 0 bridgehead atoms. The van der Waals surface area contributed by atoms with E-state index in [0.29, 0.717) is 36.5 Å². The Morgan fingerprint density at radius 2 is 1.67 bits per heavy atom. The highest BCUT2D eigenvalue weighted by Gasteiger charge is 2.36. The second-order valence-corrected chi connectivity index (χ2v) is 12.6. The summed E-state index contributed by atoms with van der Waals surface area (Å²) in [7, 11) is 0. The van der Waals surface area contributed by atoms with Crippen molar-refractivity contribution >= 4 is 11.7 Å². The number of pyridine rings is 1. The lowest BCUT2D eigenvalue weighted by molar-refractivity contribution is -0.160. The number of aromatic nitrogens is 1. The van der Waals surface area contributed by atoms with E-state index in [2.05, 4.69) is 18.8 Å². The van der Waals surface area contributed by atoms with E-state index in [9.17, 15) is 14.3 Å². The Morgan fingerprint density at radius 3 is 2.26 bits per heavy atom. The van der Waals surface area contributed by atoms with Crippen molar-refractivity contribution in [3.05, 3.63) is 76.9 Å². The third-order valence-electron chi connectivity index (χ3n) is 7.58. The van der Waals surface area contributed by atoms with E-state index in [4.69, 9.17) is 9.47 Å². The molecule has 0 amide bonds. The molecule has 1 aliphatic heterocycles. The first-order valence-electron chi connectivity index (χ1n) is 14.2. The number of aliphatic carboxylic acids is 1. The van der Waals surface area contributed by atoms with Crippen LogP contribution in [0.5, 0.6) is 5.75 Å². The fraction of sp³-hybridized carbons (Fsp3) is 0.455. The number of carboxylic acid groups (broad SMARTS) is 1. The van der Waals surface area contributed by atoms with Gasteiger partial charge in [-0.3, -0.25) is 4.98 Å². The van der Waals surface area contributed by atoms with Gasteiger partial charge in [0.05, 0.1) is 17.9 Å². The molecular weight excluding hydrogens is 545 g/mol. The maximum atomic E-state index is 15.8. The fourth-order valence-corrected chi connectivity index (χ4v) is 5.16. The van der Waals surface area contributed by atoms with Crippen LogP contribution in [0.25, 0.3) is 11.1 Å². The number of ether oxygens (including phenoxy) is 2. The predicted molar refractivity (Wildman–Crippen MR) is 156 cm³/mol. The summed E-state index contributed by atoms with van der Waals surface area (Å²) in [5.41, 5.74) is 1.59. The molecule has 42 heavy (non-hydrogen) atoms. The Morgan fingerprint density at radius 1 is 1.02 bits per heavy atom. The summed E-state index contributed by atoms with van der Waals surface area (Å²) in [6.07, 6.45) is 2.15. The Hall–Kier alpha value is -3.59. The standard InChI is InChI=1S/C33H39F3N2O4/c1-20-26(30(31(39)40)42-32(2,3)4)29(38-16-14-33(5,6)15-17-38)24(19-37-20)23-11-12-25(28(36)27(23)35)41-18-13-21-7-9-22(34)10-8-21/h7-12,19,30H,13-18H2,1-6H3,(H,39,40)/t30-/m0/s1. The summed E-state index contributed by atoms with van der Waals surface area (Å²) in [6.45, 7) is 12.6. The van der Waals surface area contributed by atoms with Crippen LogP contribution in [0.4, 0.5) is 18.9 Å². The van der Waals surface area contributed by atoms with Crippen LogP contribution in [-0.4, -0.2) is 41.4 Å². The number of piperidine rings is 1. The third-order valence-corrected chi connectivity index (χ3v) is 7.58. The van der Waals surface area contributed by atoms with Gasteiger partial charge in [-0.15, -0.1) is 0 Å². The minimum atomic E-state index is -1.37. The maximum Gasteiger partial charge on any atom is 0.337 e. The molecule has 2 heterocycles. The molecule has 0 radical (unpaired) electrons. The van der Waals surface area contributed by atoms with Crippen molar-refractivity contribution in [1.29, 1.82) is 0 Å². The molecule has 0 spiro atoms. The average Bonchev–Trinajstić information content (AvgIpc) is 2.91. The number of halogens is 3. The van der Waals surface area contributed by atoms with Crippen LogP contribution in [0, 0.1) is 29.8 Å². The topological polar surface area (TPSA) is 71.9 Å². The van der Waals surface area contributed by atoms with Gasteiger partial charge < -0.3 is 19.5 Å². The predicted octanol–water partition coefficient (Wildman–Crippen LogP) is 7.66. The van der Waals surface area contributed by atoms with Gasteiger partial charge in [-0.1, -0.05) is 26.0 Å². The Balaban J connectivity index is 1.76. The summed E-state index contributed by atoms with van der Waals surface area (Å²) >= 11 is 0. The lowest BCUT2D eigenvalue weighted by atomic mass is 9.82. The number of rotatable bonds is 9. The summed E-state index contributed by atoms with van der Waals surface area (Å²) in [6, 6.07) is 8.67. The average molecular weight is 585 g/mol. The normalized spacial score (nSPS) is 15.9. The first-order chi connectivity index (χ1) is 19.7. The van der Waals surface area contributed by atoms with Crippen molar-refractivity contribution in [2.45, 2.75) is 72.5 Å². The molecule has 1 aromatic heterocycles. The number of anilines is 1. The van der Waals surface area contributed by atoms with E-state index in [1.165, 1.54) is 30.5 Å². The van der Waals surface area contributed by atoms with Crippen molar-refractivity contribution in [2.24, 2.45) is 5.41 Å². The van der Waals surface area contributed by atoms with E-state index >= 15 is 8.78 Å². The van der Waals surface area contributed by atoms with Crippen LogP contribution < -0.4 is 9.64 Å². The van der Waals surface area contributed by atoms with Crippen molar-refractivity contribution < 1.29 is 32.5 Å². The van der Waals surface area contributed by atoms with Crippen molar-refractivity contribution in [2.75, 3.05) is 24.6 Å². The number of hydrogen-bond acceptors (Lipinski definition) is 5. The summed E-state index contributed by atoms with van der Waals surface area (Å²) in [5, 5.41) is 10.3. The molecule has 6 nitrogen and oxygen atoms in total. The smallest absolute Gasteiger partial charge is 0.337 e. The highest BCUT2D eigenvalue weighted by atomic mass is 19.2. The molecule has 0 aliphatic carbocycles. The summed E-state index contributed by atoms with van der Waals surface area (Å²) in [5.74, 6) is -4.07. The van der Waals surface area contributed by atoms with Gasteiger partial charge in [0.2, 0.25) is 5.82 Å². The first-order valence-corrected chi connectivity index (χ1v) is 14.2. The van der Waals surface area contributed by atoms with E-state index in [1.807, 2.05) is 4.90 Å². The molecule has 1 aliphatic rings. The highest BCUT2D eigenvalue weighted by Crippen LogP contribution is 2.44. The van der Waals surface area contributed by atoms with Crippen LogP contribution in [-0.2, 0) is 16.0 Å². The highest BCUT2D eigenvalue weighted by molar-refractivity contribution is 5.86. The first kappa shape index (κ1) is 31.3. The second kappa shape index (κ2) is 12.3. The van der Waals surface area contributed by atoms with Gasteiger partial charge in [0, 0.05) is 48.1 Å². The molecule has 9 heteroatoms.